The average Bonchev–Trinajstić information content (AvgIpc) is 3.12. The first-order valence-corrected chi connectivity index (χ1v) is 10.6. The van der Waals surface area contributed by atoms with Crippen LogP contribution in [0.15, 0.2) is 35.5 Å². The summed E-state index contributed by atoms with van der Waals surface area (Å²) in [5.74, 6) is 1.47. The van der Waals surface area contributed by atoms with E-state index in [-0.39, 0.29) is 0 Å². The zero-order valence-electron chi connectivity index (χ0n) is 17.5. The molecule has 2 aromatic rings. The van der Waals surface area contributed by atoms with E-state index in [1.54, 1.807) is 0 Å². The van der Waals surface area contributed by atoms with E-state index < -0.39 is 0 Å². The van der Waals surface area contributed by atoms with E-state index in [0.29, 0.717) is 12.0 Å². The van der Waals surface area contributed by atoms with Crippen LogP contribution in [0.3, 0.4) is 0 Å². The van der Waals surface area contributed by atoms with Crippen molar-refractivity contribution in [2.75, 3.05) is 45.9 Å². The van der Waals surface area contributed by atoms with Gasteiger partial charge in [0.25, 0.3) is 0 Å². The predicted molar refractivity (Wildman–Crippen MR) is 117 cm³/mol. The highest BCUT2D eigenvalue weighted by Gasteiger charge is 2.23. The maximum atomic E-state index is 5.51. The fourth-order valence-corrected chi connectivity index (χ4v) is 3.84. The lowest BCUT2D eigenvalue weighted by Gasteiger charge is -2.36. The first-order valence-electron chi connectivity index (χ1n) is 10.6. The molecule has 1 aliphatic rings. The van der Waals surface area contributed by atoms with Gasteiger partial charge in [-0.05, 0) is 30.9 Å². The van der Waals surface area contributed by atoms with E-state index in [2.05, 4.69) is 71.8 Å². The van der Waals surface area contributed by atoms with Crippen molar-refractivity contribution in [1.82, 2.24) is 20.5 Å². The molecule has 154 valence electrons. The van der Waals surface area contributed by atoms with E-state index in [1.165, 1.54) is 16.5 Å². The molecule has 1 aromatic carbocycles. The molecule has 0 spiro atoms. The zero-order chi connectivity index (χ0) is 19.8. The number of fused-ring (bicyclic) bond motifs is 1. The largest absolute Gasteiger partial charge is 0.379 e. The van der Waals surface area contributed by atoms with Gasteiger partial charge in [0, 0.05) is 49.3 Å². The smallest absolute Gasteiger partial charge is 0.191 e. The van der Waals surface area contributed by atoms with Gasteiger partial charge in [-0.2, -0.15) is 0 Å². The summed E-state index contributed by atoms with van der Waals surface area (Å²) in [5, 5.41) is 8.19. The Kier molecular flexibility index (Phi) is 7.74. The fraction of sp³-hybridized carbons (Fsp3) is 0.591. The van der Waals surface area contributed by atoms with Crippen LogP contribution in [0, 0.1) is 5.92 Å². The molecule has 3 rings (SSSR count). The SMILES string of the molecule is CCNC(=NCC(C(C)C)N1CCOCC1)NCCc1c[nH]c2ccccc12. The van der Waals surface area contributed by atoms with Gasteiger partial charge >= 0.3 is 0 Å². The molecule has 6 nitrogen and oxygen atoms in total. The zero-order valence-corrected chi connectivity index (χ0v) is 17.5. The Balaban J connectivity index is 1.57. The summed E-state index contributed by atoms with van der Waals surface area (Å²) in [6.45, 7) is 12.9. The molecule has 1 unspecified atom stereocenters. The van der Waals surface area contributed by atoms with Gasteiger partial charge < -0.3 is 20.4 Å². The molecule has 3 N–H and O–H groups in total. The molecule has 0 aliphatic carbocycles. The Morgan fingerprint density at radius 3 is 2.75 bits per heavy atom. The summed E-state index contributed by atoms with van der Waals surface area (Å²) in [7, 11) is 0. The minimum atomic E-state index is 0.452. The highest BCUT2D eigenvalue weighted by Crippen LogP contribution is 2.17. The van der Waals surface area contributed by atoms with Crippen molar-refractivity contribution < 1.29 is 4.74 Å². The van der Waals surface area contributed by atoms with Gasteiger partial charge in [0.2, 0.25) is 0 Å². The van der Waals surface area contributed by atoms with Gasteiger partial charge in [-0.25, -0.2) is 0 Å². The monoisotopic (exact) mass is 385 g/mol. The minimum Gasteiger partial charge on any atom is -0.379 e. The lowest BCUT2D eigenvalue weighted by Crippen LogP contribution is -2.48. The summed E-state index contributed by atoms with van der Waals surface area (Å²) in [6, 6.07) is 8.91. The topological polar surface area (TPSA) is 64.7 Å². The first kappa shape index (κ1) is 20.7. The van der Waals surface area contributed by atoms with Gasteiger partial charge in [0.15, 0.2) is 5.96 Å². The number of hydrogen-bond donors (Lipinski definition) is 3. The standard InChI is InChI=1S/C22H35N5O/c1-4-23-22(26-16-21(17(2)3)27-11-13-28-14-12-27)24-10-9-18-15-25-20-8-6-5-7-19(18)20/h5-8,15,17,21,25H,4,9-14,16H2,1-3H3,(H2,23,24,26). The number of rotatable bonds is 8. The molecule has 6 heteroatoms. The number of benzene rings is 1. The molecule has 0 radical (unpaired) electrons. The second-order valence-electron chi connectivity index (χ2n) is 7.72. The maximum absolute atomic E-state index is 5.51. The number of ether oxygens (including phenoxy) is 1. The quantitative estimate of drug-likeness (QED) is 0.483. The van der Waals surface area contributed by atoms with Crippen molar-refractivity contribution in [2.24, 2.45) is 10.9 Å². The average molecular weight is 386 g/mol. The molecule has 2 heterocycles. The molecule has 0 saturated carbocycles. The molecule has 28 heavy (non-hydrogen) atoms. The summed E-state index contributed by atoms with van der Waals surface area (Å²) in [6.07, 6.45) is 3.08. The van der Waals surface area contributed by atoms with Crippen molar-refractivity contribution in [1.29, 1.82) is 0 Å². The third-order valence-electron chi connectivity index (χ3n) is 5.43. The maximum Gasteiger partial charge on any atom is 0.191 e. The minimum absolute atomic E-state index is 0.452. The number of guanidine groups is 1. The summed E-state index contributed by atoms with van der Waals surface area (Å²) >= 11 is 0. The van der Waals surface area contributed by atoms with E-state index in [9.17, 15) is 0 Å². The van der Waals surface area contributed by atoms with Crippen molar-refractivity contribution in [2.45, 2.75) is 33.2 Å². The lowest BCUT2D eigenvalue weighted by molar-refractivity contribution is 0.00867. The molecule has 1 fully saturated rings. The Hall–Kier alpha value is -2.05. The molecule has 0 bridgehead atoms. The highest BCUT2D eigenvalue weighted by molar-refractivity contribution is 5.83. The van der Waals surface area contributed by atoms with Crippen LogP contribution in [-0.2, 0) is 11.2 Å². The first-order chi connectivity index (χ1) is 13.7. The number of para-hydroxylation sites is 1. The van der Waals surface area contributed by atoms with Crippen molar-refractivity contribution in [3.05, 3.63) is 36.0 Å². The number of aromatic nitrogens is 1. The van der Waals surface area contributed by atoms with Gasteiger partial charge in [-0.15, -0.1) is 0 Å². The summed E-state index contributed by atoms with van der Waals surface area (Å²) < 4.78 is 5.51. The number of H-pyrrole nitrogens is 1. The Labute approximate surface area is 168 Å². The summed E-state index contributed by atoms with van der Waals surface area (Å²) in [5.41, 5.74) is 2.54. The number of hydrogen-bond acceptors (Lipinski definition) is 3. The molecular formula is C22H35N5O. The van der Waals surface area contributed by atoms with E-state index >= 15 is 0 Å². The number of aliphatic imine (C=N–C) groups is 1. The normalized spacial score (nSPS) is 17.2. The van der Waals surface area contributed by atoms with Gasteiger partial charge in [-0.3, -0.25) is 9.89 Å². The van der Waals surface area contributed by atoms with Crippen LogP contribution in [0.1, 0.15) is 26.3 Å². The van der Waals surface area contributed by atoms with Crippen molar-refractivity contribution in [3.63, 3.8) is 0 Å². The molecular weight excluding hydrogens is 350 g/mol. The lowest BCUT2D eigenvalue weighted by atomic mass is 10.0. The highest BCUT2D eigenvalue weighted by atomic mass is 16.5. The van der Waals surface area contributed by atoms with E-state index in [0.717, 1.165) is 58.3 Å². The van der Waals surface area contributed by atoms with Crippen molar-refractivity contribution in [3.8, 4) is 0 Å². The van der Waals surface area contributed by atoms with Crippen molar-refractivity contribution >= 4 is 16.9 Å². The van der Waals surface area contributed by atoms with Gasteiger partial charge in [0.05, 0.1) is 19.8 Å². The van der Waals surface area contributed by atoms with E-state index in [4.69, 9.17) is 9.73 Å². The molecule has 1 atom stereocenters. The van der Waals surface area contributed by atoms with Crippen LogP contribution in [0.4, 0.5) is 0 Å². The van der Waals surface area contributed by atoms with Crippen LogP contribution in [0.25, 0.3) is 10.9 Å². The molecule has 1 saturated heterocycles. The fourth-order valence-electron chi connectivity index (χ4n) is 3.84. The number of morpholine rings is 1. The van der Waals surface area contributed by atoms with Crippen LogP contribution < -0.4 is 10.6 Å². The van der Waals surface area contributed by atoms with Crippen LogP contribution in [0.5, 0.6) is 0 Å². The Bertz CT molecular complexity index is 748. The second kappa shape index (κ2) is 10.5. The Morgan fingerprint density at radius 2 is 2.00 bits per heavy atom. The van der Waals surface area contributed by atoms with Crippen LogP contribution in [0.2, 0.25) is 0 Å². The molecule has 1 aliphatic heterocycles. The third-order valence-corrected chi connectivity index (χ3v) is 5.43. The van der Waals surface area contributed by atoms with Gasteiger partial charge in [-0.1, -0.05) is 32.0 Å². The van der Waals surface area contributed by atoms with Gasteiger partial charge in [0.1, 0.15) is 0 Å². The predicted octanol–water partition coefficient (Wildman–Crippen LogP) is 2.62. The third kappa shape index (κ3) is 5.49. The summed E-state index contributed by atoms with van der Waals surface area (Å²) in [4.78, 5) is 10.8. The van der Waals surface area contributed by atoms with E-state index in [1.807, 2.05) is 0 Å². The van der Waals surface area contributed by atoms with Crippen LogP contribution in [-0.4, -0.2) is 67.8 Å². The Morgan fingerprint density at radius 1 is 1.21 bits per heavy atom. The number of nitrogens with zero attached hydrogens (tertiary/aromatic N) is 2. The number of aromatic amines is 1. The second-order valence-corrected chi connectivity index (χ2v) is 7.72. The molecule has 1 aromatic heterocycles. The van der Waals surface area contributed by atoms with Crippen LogP contribution >= 0.6 is 0 Å². The number of nitrogens with one attached hydrogen (secondary N) is 3. The molecule has 0 amide bonds.